The van der Waals surface area contributed by atoms with Gasteiger partial charge in [0.05, 0.1) is 0 Å². The fraction of sp³-hybridized carbons (Fsp3) is 0.650. The van der Waals surface area contributed by atoms with Crippen LogP contribution >= 0.6 is 0 Å². The molecule has 1 aliphatic carbocycles. The van der Waals surface area contributed by atoms with Gasteiger partial charge in [-0.3, -0.25) is 0 Å². The summed E-state index contributed by atoms with van der Waals surface area (Å²) in [6.07, 6.45) is 7.79. The first kappa shape index (κ1) is 18.6. The van der Waals surface area contributed by atoms with E-state index in [1.54, 1.807) is 13.8 Å². The normalized spacial score (nSPS) is 16.7. The molecule has 0 bridgehead atoms. The SMILES string of the molecule is CC(C)(CC1CCCCC1)Oc1ccc(NC(C)(C)C(=O)O)cc1. The Morgan fingerprint density at radius 3 is 2.25 bits per heavy atom. The Kier molecular flexibility index (Phi) is 5.79. The third-order valence-corrected chi connectivity index (χ3v) is 4.74. The fourth-order valence-corrected chi connectivity index (χ4v) is 3.47. The van der Waals surface area contributed by atoms with Crippen LogP contribution in [-0.4, -0.2) is 22.2 Å². The summed E-state index contributed by atoms with van der Waals surface area (Å²) < 4.78 is 6.19. The van der Waals surface area contributed by atoms with Crippen LogP contribution in [-0.2, 0) is 4.79 Å². The zero-order valence-electron chi connectivity index (χ0n) is 15.4. The summed E-state index contributed by atoms with van der Waals surface area (Å²) in [5.74, 6) is 0.719. The highest BCUT2D eigenvalue weighted by atomic mass is 16.5. The molecule has 1 fully saturated rings. The summed E-state index contributed by atoms with van der Waals surface area (Å²) in [5, 5.41) is 12.2. The highest BCUT2D eigenvalue weighted by Gasteiger charge is 2.28. The van der Waals surface area contributed by atoms with Crippen molar-refractivity contribution < 1.29 is 14.6 Å². The molecule has 4 heteroatoms. The Labute approximate surface area is 145 Å². The summed E-state index contributed by atoms with van der Waals surface area (Å²) in [5.41, 5.74) is -0.403. The van der Waals surface area contributed by atoms with Gasteiger partial charge in [-0.2, -0.15) is 0 Å². The Balaban J connectivity index is 1.93. The van der Waals surface area contributed by atoms with E-state index >= 15 is 0 Å². The predicted molar refractivity (Wildman–Crippen MR) is 97.7 cm³/mol. The standard InChI is InChI=1S/C20H31NO3/c1-19(2,14-15-8-6-5-7-9-15)24-17-12-10-16(11-13-17)21-20(3,4)18(22)23/h10-13,15,21H,5-9,14H2,1-4H3,(H,22,23). The van der Waals surface area contributed by atoms with E-state index in [0.29, 0.717) is 0 Å². The number of carbonyl (C=O) groups is 1. The van der Waals surface area contributed by atoms with E-state index in [9.17, 15) is 9.90 Å². The van der Waals surface area contributed by atoms with E-state index in [4.69, 9.17) is 4.74 Å². The molecule has 1 aromatic carbocycles. The molecule has 0 radical (unpaired) electrons. The summed E-state index contributed by atoms with van der Waals surface area (Å²) in [6.45, 7) is 7.60. The van der Waals surface area contributed by atoms with Crippen LogP contribution in [0.5, 0.6) is 5.75 Å². The lowest BCUT2D eigenvalue weighted by Crippen LogP contribution is -2.39. The molecule has 134 valence electrons. The van der Waals surface area contributed by atoms with Gasteiger partial charge in [0.15, 0.2) is 0 Å². The number of nitrogens with one attached hydrogen (secondary N) is 1. The number of hydrogen-bond donors (Lipinski definition) is 2. The molecule has 0 saturated heterocycles. The lowest BCUT2D eigenvalue weighted by Gasteiger charge is -2.32. The Morgan fingerprint density at radius 1 is 1.12 bits per heavy atom. The van der Waals surface area contributed by atoms with Crippen molar-refractivity contribution in [3.63, 3.8) is 0 Å². The largest absolute Gasteiger partial charge is 0.488 e. The minimum absolute atomic E-state index is 0.183. The Hall–Kier alpha value is -1.71. The van der Waals surface area contributed by atoms with E-state index in [1.165, 1.54) is 32.1 Å². The number of anilines is 1. The van der Waals surface area contributed by atoms with Gasteiger partial charge < -0.3 is 15.2 Å². The molecule has 0 aromatic heterocycles. The van der Waals surface area contributed by atoms with Gasteiger partial charge in [-0.15, -0.1) is 0 Å². The minimum Gasteiger partial charge on any atom is -0.488 e. The molecule has 0 heterocycles. The van der Waals surface area contributed by atoms with Crippen LogP contribution in [0.1, 0.15) is 66.2 Å². The van der Waals surface area contributed by atoms with Gasteiger partial charge in [0, 0.05) is 5.69 Å². The first-order chi connectivity index (χ1) is 11.2. The van der Waals surface area contributed by atoms with Crippen LogP contribution in [0.3, 0.4) is 0 Å². The topological polar surface area (TPSA) is 58.6 Å². The van der Waals surface area contributed by atoms with Crippen molar-refractivity contribution >= 4 is 11.7 Å². The van der Waals surface area contributed by atoms with E-state index in [2.05, 4.69) is 19.2 Å². The zero-order valence-corrected chi connectivity index (χ0v) is 15.4. The highest BCUT2D eigenvalue weighted by Crippen LogP contribution is 2.33. The zero-order chi connectivity index (χ0) is 17.8. The number of carboxylic acids is 1. The van der Waals surface area contributed by atoms with Gasteiger partial charge in [-0.1, -0.05) is 32.1 Å². The summed E-state index contributed by atoms with van der Waals surface area (Å²) >= 11 is 0. The second-order valence-corrected chi connectivity index (χ2v) is 8.15. The smallest absolute Gasteiger partial charge is 0.328 e. The van der Waals surface area contributed by atoms with Crippen molar-refractivity contribution in [1.82, 2.24) is 0 Å². The molecule has 1 aliphatic rings. The van der Waals surface area contributed by atoms with Crippen LogP contribution in [0.4, 0.5) is 5.69 Å². The van der Waals surface area contributed by atoms with Gasteiger partial charge in [-0.05, 0) is 64.3 Å². The minimum atomic E-state index is -0.997. The number of hydrogen-bond acceptors (Lipinski definition) is 3. The summed E-state index contributed by atoms with van der Waals surface area (Å²) in [6, 6.07) is 7.55. The molecule has 0 aliphatic heterocycles. The van der Waals surface area contributed by atoms with E-state index in [1.807, 2.05) is 24.3 Å². The average molecular weight is 333 g/mol. The third kappa shape index (κ3) is 5.43. The van der Waals surface area contributed by atoms with Crippen LogP contribution in [0.15, 0.2) is 24.3 Å². The average Bonchev–Trinajstić information content (AvgIpc) is 2.49. The lowest BCUT2D eigenvalue weighted by molar-refractivity contribution is -0.141. The highest BCUT2D eigenvalue weighted by molar-refractivity contribution is 5.81. The molecule has 2 N–H and O–H groups in total. The number of ether oxygens (including phenoxy) is 1. The molecule has 1 saturated carbocycles. The number of carboxylic acid groups (broad SMARTS) is 1. The molecule has 0 spiro atoms. The van der Waals surface area contributed by atoms with Crippen molar-refractivity contribution in [2.75, 3.05) is 5.32 Å². The van der Waals surface area contributed by atoms with E-state index in [-0.39, 0.29) is 5.60 Å². The molecule has 2 rings (SSSR count). The summed E-state index contributed by atoms with van der Waals surface area (Å²) in [4.78, 5) is 11.2. The molecule has 24 heavy (non-hydrogen) atoms. The lowest BCUT2D eigenvalue weighted by atomic mass is 9.82. The Bertz CT molecular complexity index is 543. The summed E-state index contributed by atoms with van der Waals surface area (Å²) in [7, 11) is 0. The maximum atomic E-state index is 11.2. The quantitative estimate of drug-likeness (QED) is 0.729. The van der Waals surface area contributed by atoms with Gasteiger partial charge >= 0.3 is 5.97 Å². The predicted octanol–water partition coefficient (Wildman–Crippen LogP) is 5.09. The van der Waals surface area contributed by atoms with Crippen molar-refractivity contribution in [3.8, 4) is 5.75 Å². The maximum Gasteiger partial charge on any atom is 0.328 e. The van der Waals surface area contributed by atoms with Crippen molar-refractivity contribution in [3.05, 3.63) is 24.3 Å². The van der Waals surface area contributed by atoms with Gasteiger partial charge in [0.25, 0.3) is 0 Å². The van der Waals surface area contributed by atoms with Gasteiger partial charge in [0.2, 0.25) is 0 Å². The fourth-order valence-electron chi connectivity index (χ4n) is 3.47. The van der Waals surface area contributed by atoms with Gasteiger partial charge in [-0.25, -0.2) is 4.79 Å². The first-order valence-electron chi connectivity index (χ1n) is 8.99. The molecular weight excluding hydrogens is 302 g/mol. The van der Waals surface area contributed by atoms with Crippen LogP contribution in [0, 0.1) is 5.92 Å². The van der Waals surface area contributed by atoms with Crippen molar-refractivity contribution in [2.24, 2.45) is 5.92 Å². The second-order valence-electron chi connectivity index (χ2n) is 8.15. The van der Waals surface area contributed by atoms with Crippen LogP contribution in [0.25, 0.3) is 0 Å². The monoisotopic (exact) mass is 333 g/mol. The number of benzene rings is 1. The molecular formula is C20H31NO3. The van der Waals surface area contributed by atoms with Crippen molar-refractivity contribution in [1.29, 1.82) is 0 Å². The first-order valence-corrected chi connectivity index (χ1v) is 8.99. The van der Waals surface area contributed by atoms with Crippen molar-refractivity contribution in [2.45, 2.75) is 77.4 Å². The van der Waals surface area contributed by atoms with E-state index < -0.39 is 11.5 Å². The van der Waals surface area contributed by atoms with Gasteiger partial charge in [0.1, 0.15) is 16.9 Å². The number of aliphatic carboxylic acids is 1. The maximum absolute atomic E-state index is 11.2. The third-order valence-electron chi connectivity index (χ3n) is 4.74. The van der Waals surface area contributed by atoms with E-state index in [0.717, 1.165) is 23.8 Å². The number of rotatable bonds is 7. The Morgan fingerprint density at radius 2 is 1.71 bits per heavy atom. The molecule has 0 atom stereocenters. The molecule has 0 amide bonds. The molecule has 0 unspecified atom stereocenters. The second kappa shape index (κ2) is 7.45. The van der Waals surface area contributed by atoms with Crippen LogP contribution in [0.2, 0.25) is 0 Å². The van der Waals surface area contributed by atoms with Crippen LogP contribution < -0.4 is 10.1 Å². The molecule has 4 nitrogen and oxygen atoms in total. The molecule has 1 aromatic rings.